The molecular weight excluding hydrogens is 170 g/mol. The lowest BCUT2D eigenvalue weighted by molar-refractivity contribution is 0.161. The Balaban J connectivity index is 2.21. The predicted octanol–water partition coefficient (Wildman–Crippen LogP) is 3.54. The van der Waals surface area contributed by atoms with Crippen LogP contribution in [0.1, 0.15) is 52.9 Å². The van der Waals surface area contributed by atoms with E-state index in [0.717, 1.165) is 11.8 Å². The molecule has 1 aliphatic rings. The van der Waals surface area contributed by atoms with E-state index in [-0.39, 0.29) is 0 Å². The molecule has 0 saturated carbocycles. The summed E-state index contributed by atoms with van der Waals surface area (Å²) in [6.45, 7) is 11.1. The number of nitrogens with zero attached hydrogens (tertiary/aromatic N) is 1. The van der Waals surface area contributed by atoms with Gasteiger partial charge in [-0.15, -0.1) is 0 Å². The summed E-state index contributed by atoms with van der Waals surface area (Å²) in [5.74, 6) is 1.92. The second-order valence-corrected chi connectivity index (χ2v) is 5.05. The molecule has 0 aromatic carbocycles. The molecule has 0 bridgehead atoms. The van der Waals surface area contributed by atoms with Gasteiger partial charge in [0.15, 0.2) is 0 Å². The lowest BCUT2D eigenvalue weighted by Gasteiger charge is -2.32. The van der Waals surface area contributed by atoms with Gasteiger partial charge in [-0.05, 0) is 44.2 Å². The van der Waals surface area contributed by atoms with Crippen molar-refractivity contribution in [3.05, 3.63) is 0 Å². The molecule has 1 fully saturated rings. The molecule has 1 heterocycles. The van der Waals surface area contributed by atoms with Crippen molar-refractivity contribution in [1.29, 1.82) is 0 Å². The Hall–Kier alpha value is -0.0400. The van der Waals surface area contributed by atoms with Gasteiger partial charge >= 0.3 is 0 Å². The van der Waals surface area contributed by atoms with Gasteiger partial charge in [-0.25, -0.2) is 0 Å². The third kappa shape index (κ3) is 4.00. The van der Waals surface area contributed by atoms with Crippen LogP contribution in [-0.4, -0.2) is 24.5 Å². The minimum atomic E-state index is 0.952. The fraction of sp³-hybridized carbons (Fsp3) is 1.00. The van der Waals surface area contributed by atoms with Gasteiger partial charge in [0.1, 0.15) is 0 Å². The van der Waals surface area contributed by atoms with Crippen molar-refractivity contribution in [3.63, 3.8) is 0 Å². The molecule has 0 spiro atoms. The number of likely N-dealkylation sites (tertiary alicyclic amines) is 1. The average molecular weight is 197 g/mol. The SMILES string of the molecule is CCCC(CC)CN1CCC(C)CC1. The maximum Gasteiger partial charge on any atom is 0.000956 e. The van der Waals surface area contributed by atoms with E-state index in [1.165, 1.54) is 51.7 Å². The Morgan fingerprint density at radius 1 is 1.21 bits per heavy atom. The molecule has 1 aliphatic heterocycles. The zero-order valence-electron chi connectivity index (χ0n) is 10.3. The predicted molar refractivity (Wildman–Crippen MR) is 63.5 cm³/mol. The maximum absolute atomic E-state index is 2.68. The summed E-state index contributed by atoms with van der Waals surface area (Å²) in [5, 5.41) is 0. The summed E-state index contributed by atoms with van der Waals surface area (Å²) >= 11 is 0. The molecule has 0 amide bonds. The van der Waals surface area contributed by atoms with Gasteiger partial charge in [0.25, 0.3) is 0 Å². The Morgan fingerprint density at radius 3 is 2.36 bits per heavy atom. The van der Waals surface area contributed by atoms with E-state index in [1.807, 2.05) is 0 Å². The van der Waals surface area contributed by atoms with Crippen LogP contribution in [0.2, 0.25) is 0 Å². The molecule has 84 valence electrons. The molecule has 0 N–H and O–H groups in total. The van der Waals surface area contributed by atoms with Crippen molar-refractivity contribution in [2.45, 2.75) is 52.9 Å². The van der Waals surface area contributed by atoms with Crippen molar-refractivity contribution in [1.82, 2.24) is 4.90 Å². The Kier molecular flexibility index (Phi) is 5.54. The molecule has 1 nitrogen and oxygen atoms in total. The summed E-state index contributed by atoms with van der Waals surface area (Å²) in [4.78, 5) is 2.68. The fourth-order valence-electron chi connectivity index (χ4n) is 2.44. The van der Waals surface area contributed by atoms with E-state index in [4.69, 9.17) is 0 Å². The molecule has 1 heteroatoms. The van der Waals surface area contributed by atoms with Crippen LogP contribution in [-0.2, 0) is 0 Å². The Bertz CT molecular complexity index is 136. The number of hydrogen-bond acceptors (Lipinski definition) is 1. The van der Waals surface area contributed by atoms with Crippen molar-refractivity contribution < 1.29 is 0 Å². The number of piperidine rings is 1. The van der Waals surface area contributed by atoms with Gasteiger partial charge in [0.05, 0.1) is 0 Å². The summed E-state index contributed by atoms with van der Waals surface area (Å²) in [5.41, 5.74) is 0. The standard InChI is InChI=1S/C13H27N/c1-4-6-13(5-2)11-14-9-7-12(3)8-10-14/h12-13H,4-11H2,1-3H3. The van der Waals surface area contributed by atoms with Crippen LogP contribution in [0.3, 0.4) is 0 Å². The second kappa shape index (κ2) is 6.44. The minimum absolute atomic E-state index is 0.952. The molecule has 1 rings (SSSR count). The second-order valence-electron chi connectivity index (χ2n) is 5.05. The molecule has 0 aromatic heterocycles. The highest BCUT2D eigenvalue weighted by atomic mass is 15.1. The van der Waals surface area contributed by atoms with Crippen molar-refractivity contribution in [2.75, 3.05) is 19.6 Å². The lowest BCUT2D eigenvalue weighted by atomic mass is 9.95. The fourth-order valence-corrected chi connectivity index (χ4v) is 2.44. The highest BCUT2D eigenvalue weighted by Crippen LogP contribution is 2.19. The topological polar surface area (TPSA) is 3.24 Å². The molecule has 0 aliphatic carbocycles. The maximum atomic E-state index is 2.68. The van der Waals surface area contributed by atoms with E-state index in [2.05, 4.69) is 25.7 Å². The third-order valence-corrected chi connectivity index (χ3v) is 3.67. The van der Waals surface area contributed by atoms with Gasteiger partial charge in [0, 0.05) is 6.54 Å². The zero-order chi connectivity index (χ0) is 10.4. The zero-order valence-corrected chi connectivity index (χ0v) is 10.3. The van der Waals surface area contributed by atoms with E-state index < -0.39 is 0 Å². The first kappa shape index (κ1) is 12.0. The molecular formula is C13H27N. The molecule has 1 unspecified atom stereocenters. The highest BCUT2D eigenvalue weighted by molar-refractivity contribution is 4.72. The van der Waals surface area contributed by atoms with Crippen molar-refractivity contribution >= 4 is 0 Å². The Morgan fingerprint density at radius 2 is 1.86 bits per heavy atom. The molecule has 1 atom stereocenters. The number of rotatable bonds is 5. The van der Waals surface area contributed by atoms with E-state index in [0.29, 0.717) is 0 Å². The van der Waals surface area contributed by atoms with E-state index >= 15 is 0 Å². The van der Waals surface area contributed by atoms with Crippen LogP contribution in [0.25, 0.3) is 0 Å². The van der Waals surface area contributed by atoms with Crippen LogP contribution >= 0.6 is 0 Å². The van der Waals surface area contributed by atoms with Crippen molar-refractivity contribution in [3.8, 4) is 0 Å². The van der Waals surface area contributed by atoms with Gasteiger partial charge in [-0.1, -0.05) is 33.6 Å². The molecule has 1 saturated heterocycles. The summed E-state index contributed by atoms with van der Waals surface area (Å²) in [6.07, 6.45) is 6.97. The molecule has 0 radical (unpaired) electrons. The van der Waals surface area contributed by atoms with E-state index in [1.54, 1.807) is 0 Å². The summed E-state index contributed by atoms with van der Waals surface area (Å²) in [6, 6.07) is 0. The largest absolute Gasteiger partial charge is 0.303 e. The van der Waals surface area contributed by atoms with Gasteiger partial charge < -0.3 is 4.90 Å². The van der Waals surface area contributed by atoms with Crippen molar-refractivity contribution in [2.24, 2.45) is 11.8 Å². The van der Waals surface area contributed by atoms with E-state index in [9.17, 15) is 0 Å². The molecule has 0 aromatic rings. The van der Waals surface area contributed by atoms with Crippen LogP contribution in [0, 0.1) is 11.8 Å². The molecule has 14 heavy (non-hydrogen) atoms. The van der Waals surface area contributed by atoms with Gasteiger partial charge in [0.2, 0.25) is 0 Å². The summed E-state index contributed by atoms with van der Waals surface area (Å²) < 4.78 is 0. The van der Waals surface area contributed by atoms with Crippen LogP contribution in [0.15, 0.2) is 0 Å². The first-order valence-electron chi connectivity index (χ1n) is 6.48. The average Bonchev–Trinajstić information content (AvgIpc) is 2.20. The first-order valence-corrected chi connectivity index (χ1v) is 6.48. The smallest absolute Gasteiger partial charge is 0.000956 e. The third-order valence-electron chi connectivity index (χ3n) is 3.67. The monoisotopic (exact) mass is 197 g/mol. The lowest BCUT2D eigenvalue weighted by Crippen LogP contribution is -2.36. The van der Waals surface area contributed by atoms with Crippen LogP contribution in [0.5, 0.6) is 0 Å². The first-order chi connectivity index (χ1) is 6.76. The summed E-state index contributed by atoms with van der Waals surface area (Å²) in [7, 11) is 0. The normalized spacial score (nSPS) is 22.5. The highest BCUT2D eigenvalue weighted by Gasteiger charge is 2.17. The van der Waals surface area contributed by atoms with Crippen LogP contribution < -0.4 is 0 Å². The van der Waals surface area contributed by atoms with Gasteiger partial charge in [-0.2, -0.15) is 0 Å². The quantitative estimate of drug-likeness (QED) is 0.651. The Labute approximate surface area is 89.9 Å². The van der Waals surface area contributed by atoms with Crippen LogP contribution in [0.4, 0.5) is 0 Å². The minimum Gasteiger partial charge on any atom is -0.303 e. The van der Waals surface area contributed by atoms with Gasteiger partial charge in [-0.3, -0.25) is 0 Å². The number of hydrogen-bond donors (Lipinski definition) is 0.